The molecule has 0 saturated carbocycles. The minimum atomic E-state index is -0.455. The predicted octanol–water partition coefficient (Wildman–Crippen LogP) is 2.06. The number of esters is 1. The van der Waals surface area contributed by atoms with Gasteiger partial charge < -0.3 is 47.4 Å². The van der Waals surface area contributed by atoms with Gasteiger partial charge in [-0.15, -0.1) is 0 Å². The summed E-state index contributed by atoms with van der Waals surface area (Å²) in [6.45, 7) is 15.1. The van der Waals surface area contributed by atoms with Gasteiger partial charge in [-0.05, 0) is 6.42 Å². The van der Waals surface area contributed by atoms with Crippen molar-refractivity contribution in [3.63, 3.8) is 0 Å². The van der Waals surface area contributed by atoms with Crippen molar-refractivity contribution in [1.82, 2.24) is 0 Å². The number of hydrogen-bond donors (Lipinski definition) is 0. The Kier molecular flexibility index (Phi) is 31.9. The van der Waals surface area contributed by atoms with Gasteiger partial charge in [0.25, 0.3) is 0 Å². The second-order valence-corrected chi connectivity index (χ2v) is 7.59. The second kappa shape index (κ2) is 32.9. The van der Waals surface area contributed by atoms with Crippen LogP contribution in [0.2, 0.25) is 0 Å². The minimum Gasteiger partial charge on any atom is -0.460 e. The number of hydrogen-bond acceptors (Lipinski definition) is 11. The maximum Gasteiger partial charge on any atom is 0.330 e. The van der Waals surface area contributed by atoms with Gasteiger partial charge in [-0.2, -0.15) is 0 Å². The molecule has 0 heterocycles. The van der Waals surface area contributed by atoms with E-state index in [2.05, 4.69) is 13.5 Å². The van der Waals surface area contributed by atoms with Crippen molar-refractivity contribution >= 4 is 5.97 Å². The Morgan fingerprint density at radius 3 is 1.00 bits per heavy atom. The van der Waals surface area contributed by atoms with E-state index in [1.165, 1.54) is 12.8 Å². The topological polar surface area (TPSA) is 109 Å². The molecule has 0 radical (unpaired) electrons. The van der Waals surface area contributed by atoms with E-state index in [1.807, 2.05) is 0 Å². The van der Waals surface area contributed by atoms with E-state index in [4.69, 9.17) is 47.4 Å². The van der Waals surface area contributed by atoms with Gasteiger partial charge in [0.05, 0.1) is 112 Å². The van der Waals surface area contributed by atoms with Crippen LogP contribution >= 0.6 is 0 Å². The fraction of sp³-hybridized carbons (Fsp3) is 0.885. The molecule has 0 spiro atoms. The predicted molar refractivity (Wildman–Crippen MR) is 138 cm³/mol. The second-order valence-electron chi connectivity index (χ2n) is 7.59. The van der Waals surface area contributed by atoms with Crippen molar-refractivity contribution in [3.05, 3.63) is 12.7 Å². The lowest BCUT2D eigenvalue weighted by atomic mass is 10.3. The summed E-state index contributed by atoms with van der Waals surface area (Å²) in [7, 11) is 0. The first-order valence-electron chi connectivity index (χ1n) is 13.3. The van der Waals surface area contributed by atoms with Crippen LogP contribution < -0.4 is 0 Å². The lowest BCUT2D eigenvalue weighted by molar-refractivity contribution is -0.139. The summed E-state index contributed by atoms with van der Waals surface area (Å²) in [6.07, 6.45) is 4.66. The lowest BCUT2D eigenvalue weighted by Gasteiger charge is -2.09. The Morgan fingerprint density at radius 1 is 0.459 bits per heavy atom. The van der Waals surface area contributed by atoms with Crippen molar-refractivity contribution in [3.8, 4) is 0 Å². The van der Waals surface area contributed by atoms with Gasteiger partial charge in [0.15, 0.2) is 0 Å². The van der Waals surface area contributed by atoms with E-state index in [0.717, 1.165) is 19.1 Å². The van der Waals surface area contributed by atoms with Crippen LogP contribution in [0.5, 0.6) is 0 Å². The Labute approximate surface area is 222 Å². The molecule has 0 aromatic heterocycles. The number of carbonyl (C=O) groups is 1. The molecule has 0 aliphatic carbocycles. The molecule has 0 rings (SSSR count). The molecule has 11 heteroatoms. The van der Waals surface area contributed by atoms with Crippen molar-refractivity contribution in [2.45, 2.75) is 26.2 Å². The van der Waals surface area contributed by atoms with E-state index in [9.17, 15) is 4.79 Å². The van der Waals surface area contributed by atoms with Crippen LogP contribution in [-0.2, 0) is 52.2 Å². The van der Waals surface area contributed by atoms with E-state index >= 15 is 0 Å². The fourth-order valence-electron chi connectivity index (χ4n) is 2.58. The standard InChI is InChI=1S/C26H50O11/c1-3-5-6-7-28-8-9-29-10-11-30-12-13-31-14-15-32-16-17-33-18-19-34-20-21-35-22-23-36-24-25-37-26(27)4-2/h4H,2-3,5-25H2,1H3. The highest BCUT2D eigenvalue weighted by molar-refractivity contribution is 5.81. The van der Waals surface area contributed by atoms with Gasteiger partial charge >= 0.3 is 5.97 Å². The molecule has 0 atom stereocenters. The highest BCUT2D eigenvalue weighted by Gasteiger charge is 1.97. The van der Waals surface area contributed by atoms with E-state index in [0.29, 0.717) is 112 Å². The lowest BCUT2D eigenvalue weighted by Crippen LogP contribution is -2.15. The third-order valence-corrected chi connectivity index (χ3v) is 4.51. The molecule has 0 bridgehead atoms. The third-order valence-electron chi connectivity index (χ3n) is 4.51. The van der Waals surface area contributed by atoms with Crippen LogP contribution in [-0.4, -0.2) is 132 Å². The molecule has 220 valence electrons. The summed E-state index contributed by atoms with van der Waals surface area (Å²) < 4.78 is 53.5. The number of rotatable bonds is 32. The monoisotopic (exact) mass is 538 g/mol. The summed E-state index contributed by atoms with van der Waals surface area (Å²) in [5, 5.41) is 0. The minimum absolute atomic E-state index is 0.204. The fourth-order valence-corrected chi connectivity index (χ4v) is 2.58. The van der Waals surface area contributed by atoms with Crippen molar-refractivity contribution in [2.24, 2.45) is 0 Å². The molecule has 0 aromatic rings. The first-order chi connectivity index (χ1) is 18.3. The smallest absolute Gasteiger partial charge is 0.330 e. The molecular formula is C26H50O11. The summed E-state index contributed by atoms with van der Waals surface area (Å²) >= 11 is 0. The Bertz CT molecular complexity index is 466. The number of ether oxygens (including phenoxy) is 10. The van der Waals surface area contributed by atoms with Crippen LogP contribution in [0.1, 0.15) is 26.2 Å². The molecule has 0 unspecified atom stereocenters. The zero-order valence-electron chi connectivity index (χ0n) is 22.8. The normalized spacial score (nSPS) is 11.2. The molecule has 0 amide bonds. The molecule has 11 nitrogen and oxygen atoms in total. The highest BCUT2D eigenvalue weighted by atomic mass is 16.6. The Morgan fingerprint density at radius 2 is 0.730 bits per heavy atom. The summed E-state index contributed by atoms with van der Waals surface area (Å²) in [5.41, 5.74) is 0. The summed E-state index contributed by atoms with van der Waals surface area (Å²) in [5.74, 6) is -0.455. The Balaban J connectivity index is 3.03. The van der Waals surface area contributed by atoms with Crippen LogP contribution in [0.4, 0.5) is 0 Å². The van der Waals surface area contributed by atoms with Gasteiger partial charge in [-0.3, -0.25) is 0 Å². The van der Waals surface area contributed by atoms with Gasteiger partial charge in [0.2, 0.25) is 0 Å². The molecule has 0 aliphatic rings. The average Bonchev–Trinajstić information content (AvgIpc) is 2.91. The van der Waals surface area contributed by atoms with E-state index < -0.39 is 5.97 Å². The summed E-state index contributed by atoms with van der Waals surface area (Å²) in [6, 6.07) is 0. The van der Waals surface area contributed by atoms with Gasteiger partial charge in [-0.25, -0.2) is 4.79 Å². The van der Waals surface area contributed by atoms with E-state index in [-0.39, 0.29) is 6.61 Å². The molecule has 0 N–H and O–H groups in total. The van der Waals surface area contributed by atoms with Crippen molar-refractivity contribution in [2.75, 3.05) is 126 Å². The van der Waals surface area contributed by atoms with Gasteiger partial charge in [0.1, 0.15) is 6.61 Å². The SMILES string of the molecule is C=CC(=O)OCCOCCOCCOCCOCCOCCOCCOCCOCCOCCCCC. The zero-order valence-corrected chi connectivity index (χ0v) is 22.8. The first kappa shape index (κ1) is 35.9. The maximum absolute atomic E-state index is 10.8. The van der Waals surface area contributed by atoms with Crippen LogP contribution in [0.15, 0.2) is 12.7 Å². The molecule has 0 aromatic carbocycles. The highest BCUT2D eigenvalue weighted by Crippen LogP contribution is 1.94. The van der Waals surface area contributed by atoms with E-state index in [1.54, 1.807) is 0 Å². The van der Waals surface area contributed by atoms with Crippen molar-refractivity contribution in [1.29, 1.82) is 0 Å². The van der Waals surface area contributed by atoms with Crippen LogP contribution in [0.3, 0.4) is 0 Å². The molecule has 0 aliphatic heterocycles. The zero-order chi connectivity index (χ0) is 26.9. The Hall–Kier alpha value is -1.15. The maximum atomic E-state index is 10.8. The van der Waals surface area contributed by atoms with Crippen LogP contribution in [0, 0.1) is 0 Å². The molecule has 0 fully saturated rings. The van der Waals surface area contributed by atoms with Gasteiger partial charge in [-0.1, -0.05) is 26.3 Å². The van der Waals surface area contributed by atoms with Crippen LogP contribution in [0.25, 0.3) is 0 Å². The summed E-state index contributed by atoms with van der Waals surface area (Å²) in [4.78, 5) is 10.8. The quantitative estimate of drug-likeness (QED) is 0.0713. The first-order valence-corrected chi connectivity index (χ1v) is 13.3. The van der Waals surface area contributed by atoms with Gasteiger partial charge in [0, 0.05) is 12.7 Å². The van der Waals surface area contributed by atoms with Crippen molar-refractivity contribution < 1.29 is 52.2 Å². The average molecular weight is 539 g/mol. The number of carbonyl (C=O) groups excluding carboxylic acids is 1. The molecule has 37 heavy (non-hydrogen) atoms. The molecule has 0 saturated heterocycles. The third kappa shape index (κ3) is 32.8. The molecular weight excluding hydrogens is 488 g/mol. The largest absolute Gasteiger partial charge is 0.460 e. The number of unbranched alkanes of at least 4 members (excludes halogenated alkanes) is 2.